The van der Waals surface area contributed by atoms with Gasteiger partial charge in [-0.15, -0.1) is 0 Å². The van der Waals surface area contributed by atoms with E-state index < -0.39 is 43.4 Å². The van der Waals surface area contributed by atoms with Gasteiger partial charge in [0.2, 0.25) is 0 Å². The summed E-state index contributed by atoms with van der Waals surface area (Å²) in [6.07, 6.45) is 44.7. The van der Waals surface area contributed by atoms with Gasteiger partial charge in [0.05, 0.1) is 19.8 Å². The highest BCUT2D eigenvalue weighted by atomic mass is 16.7. The lowest BCUT2D eigenvalue weighted by Gasteiger charge is -2.39. The number of allylic oxidation sites excluding steroid dienone is 6. The summed E-state index contributed by atoms with van der Waals surface area (Å²) < 4.78 is 22.9. The van der Waals surface area contributed by atoms with Gasteiger partial charge < -0.3 is 39.4 Å². The van der Waals surface area contributed by atoms with Crippen molar-refractivity contribution in [2.75, 3.05) is 26.4 Å². The second kappa shape index (κ2) is 42.7. The summed E-state index contributed by atoms with van der Waals surface area (Å²) in [4.78, 5) is 12.8. The number of hydrogen-bond donors (Lipinski definition) is 4. The van der Waals surface area contributed by atoms with Crippen molar-refractivity contribution in [2.45, 2.75) is 256 Å². The minimum absolute atomic E-state index is 0.118. The molecule has 0 spiro atoms. The lowest BCUT2D eigenvalue weighted by atomic mass is 9.99. The lowest BCUT2D eigenvalue weighted by molar-refractivity contribution is -0.305. The van der Waals surface area contributed by atoms with E-state index in [1.807, 2.05) is 0 Å². The first kappa shape index (κ1) is 56.4. The number of carbonyl (C=O) groups excluding carboxylic acids is 1. The molecular formula is C51H94O9. The standard InChI is InChI=1S/C51H94O9/c1-3-5-7-9-11-13-15-17-19-20-21-22-23-24-25-27-29-31-33-35-37-39-41-57-43-45(44-58-51-50(56)49(55)48(54)46(42-52)60-51)59-47(53)40-38-36-34-32-30-28-26-18-16-14-12-10-8-6-4-2/h6,8,12,14,18,26,45-46,48-52,54-56H,3-5,7,9-11,13,15-17,19-25,27-44H2,1-2H3/b8-6-,14-12-,26-18-. The minimum Gasteiger partial charge on any atom is -0.457 e. The summed E-state index contributed by atoms with van der Waals surface area (Å²) in [5.41, 5.74) is 0. The summed E-state index contributed by atoms with van der Waals surface area (Å²) in [6.45, 7) is 4.46. The Morgan fingerprint density at radius 3 is 1.53 bits per heavy atom. The van der Waals surface area contributed by atoms with Crippen LogP contribution in [0.2, 0.25) is 0 Å². The summed E-state index contributed by atoms with van der Waals surface area (Å²) in [7, 11) is 0. The molecule has 1 rings (SSSR count). The van der Waals surface area contributed by atoms with Gasteiger partial charge in [-0.25, -0.2) is 0 Å². The molecule has 1 saturated heterocycles. The largest absolute Gasteiger partial charge is 0.457 e. The van der Waals surface area contributed by atoms with Crippen LogP contribution >= 0.6 is 0 Å². The van der Waals surface area contributed by atoms with Gasteiger partial charge in [-0.1, -0.05) is 204 Å². The SMILES string of the molecule is CC/C=C\C/C=C\C/C=C\CCCCCCCC(=O)OC(COCCCCCCCCCCCCCCCCCCCCCCCC)COC1OC(CO)C(O)C(O)C1O. The predicted molar refractivity (Wildman–Crippen MR) is 247 cm³/mol. The monoisotopic (exact) mass is 851 g/mol. The van der Waals surface area contributed by atoms with Gasteiger partial charge in [0.1, 0.15) is 30.5 Å². The Bertz CT molecular complexity index is 1010. The van der Waals surface area contributed by atoms with Crippen LogP contribution in [-0.4, -0.2) is 89.6 Å². The smallest absolute Gasteiger partial charge is 0.306 e. The first-order valence-electron chi connectivity index (χ1n) is 25.1. The van der Waals surface area contributed by atoms with E-state index in [4.69, 9.17) is 18.9 Å². The van der Waals surface area contributed by atoms with Crippen LogP contribution in [-0.2, 0) is 23.7 Å². The number of unbranched alkanes of at least 4 members (excludes halogenated alkanes) is 26. The zero-order valence-electron chi connectivity index (χ0n) is 38.7. The lowest BCUT2D eigenvalue weighted by Crippen LogP contribution is -2.59. The fourth-order valence-electron chi connectivity index (χ4n) is 7.68. The third-order valence-corrected chi connectivity index (χ3v) is 11.6. The molecule has 1 fully saturated rings. The molecule has 60 heavy (non-hydrogen) atoms. The van der Waals surface area contributed by atoms with Crippen molar-refractivity contribution < 1.29 is 44.2 Å². The van der Waals surface area contributed by atoms with Crippen molar-refractivity contribution in [2.24, 2.45) is 0 Å². The molecule has 352 valence electrons. The highest BCUT2D eigenvalue weighted by Crippen LogP contribution is 2.23. The molecule has 0 aromatic rings. The van der Waals surface area contributed by atoms with Crippen molar-refractivity contribution in [1.82, 2.24) is 0 Å². The van der Waals surface area contributed by atoms with Gasteiger partial charge in [0.15, 0.2) is 6.29 Å². The molecule has 9 heteroatoms. The Kier molecular flexibility index (Phi) is 40.2. The van der Waals surface area contributed by atoms with E-state index in [1.165, 1.54) is 128 Å². The second-order valence-corrected chi connectivity index (χ2v) is 17.2. The summed E-state index contributed by atoms with van der Waals surface area (Å²) >= 11 is 0. The maximum Gasteiger partial charge on any atom is 0.306 e. The fourth-order valence-corrected chi connectivity index (χ4v) is 7.68. The van der Waals surface area contributed by atoms with Crippen molar-refractivity contribution in [3.63, 3.8) is 0 Å². The number of ether oxygens (including phenoxy) is 4. The Hall–Kier alpha value is -1.59. The first-order chi connectivity index (χ1) is 29.4. The molecule has 0 aliphatic carbocycles. The molecular weight excluding hydrogens is 757 g/mol. The Balaban J connectivity index is 2.19. The maximum absolute atomic E-state index is 12.8. The number of aliphatic hydroxyl groups is 4. The molecule has 6 atom stereocenters. The van der Waals surface area contributed by atoms with E-state index in [0.717, 1.165) is 70.6 Å². The molecule has 0 aromatic heterocycles. The minimum atomic E-state index is -1.54. The van der Waals surface area contributed by atoms with Gasteiger partial charge in [0, 0.05) is 13.0 Å². The fraction of sp³-hybridized carbons (Fsp3) is 0.863. The molecule has 0 aromatic carbocycles. The van der Waals surface area contributed by atoms with Crippen LogP contribution in [0.4, 0.5) is 0 Å². The van der Waals surface area contributed by atoms with E-state index >= 15 is 0 Å². The average Bonchev–Trinajstić information content (AvgIpc) is 3.25. The number of carbonyl (C=O) groups is 1. The van der Waals surface area contributed by atoms with Crippen molar-refractivity contribution in [3.05, 3.63) is 36.5 Å². The third-order valence-electron chi connectivity index (χ3n) is 11.6. The highest BCUT2D eigenvalue weighted by molar-refractivity contribution is 5.69. The van der Waals surface area contributed by atoms with Crippen molar-refractivity contribution in [3.8, 4) is 0 Å². The molecule has 1 aliphatic rings. The number of hydrogen-bond acceptors (Lipinski definition) is 9. The zero-order chi connectivity index (χ0) is 43.6. The van der Waals surface area contributed by atoms with Gasteiger partial charge in [-0.2, -0.15) is 0 Å². The molecule has 1 aliphatic heterocycles. The summed E-state index contributed by atoms with van der Waals surface area (Å²) in [5, 5.41) is 40.2. The number of rotatable bonds is 43. The van der Waals surface area contributed by atoms with Crippen LogP contribution in [0.5, 0.6) is 0 Å². The Morgan fingerprint density at radius 2 is 1.02 bits per heavy atom. The van der Waals surface area contributed by atoms with E-state index in [-0.39, 0.29) is 19.2 Å². The molecule has 0 radical (unpaired) electrons. The van der Waals surface area contributed by atoms with Crippen LogP contribution in [0.15, 0.2) is 36.5 Å². The number of aliphatic hydroxyl groups excluding tert-OH is 4. The van der Waals surface area contributed by atoms with Crippen LogP contribution in [0.1, 0.15) is 219 Å². The zero-order valence-corrected chi connectivity index (χ0v) is 38.7. The summed E-state index contributed by atoms with van der Waals surface area (Å²) in [6, 6.07) is 0. The molecule has 0 saturated carbocycles. The Labute approximate surface area is 368 Å². The van der Waals surface area contributed by atoms with Gasteiger partial charge in [-0.3, -0.25) is 4.79 Å². The second-order valence-electron chi connectivity index (χ2n) is 17.2. The first-order valence-corrected chi connectivity index (χ1v) is 25.1. The molecule has 0 amide bonds. The van der Waals surface area contributed by atoms with Gasteiger partial charge >= 0.3 is 5.97 Å². The molecule has 9 nitrogen and oxygen atoms in total. The Morgan fingerprint density at radius 1 is 0.550 bits per heavy atom. The molecule has 0 bridgehead atoms. The predicted octanol–water partition coefficient (Wildman–Crippen LogP) is 11.9. The van der Waals surface area contributed by atoms with E-state index in [1.54, 1.807) is 0 Å². The quantitative estimate of drug-likeness (QED) is 0.0269. The number of esters is 1. The van der Waals surface area contributed by atoms with Gasteiger partial charge in [-0.05, 0) is 44.9 Å². The molecule has 4 N–H and O–H groups in total. The topological polar surface area (TPSA) is 135 Å². The van der Waals surface area contributed by atoms with Crippen molar-refractivity contribution in [1.29, 1.82) is 0 Å². The van der Waals surface area contributed by atoms with Crippen LogP contribution in [0.25, 0.3) is 0 Å². The third kappa shape index (κ3) is 33.0. The van der Waals surface area contributed by atoms with Crippen LogP contribution in [0.3, 0.4) is 0 Å². The molecule has 1 heterocycles. The van der Waals surface area contributed by atoms with E-state index in [9.17, 15) is 25.2 Å². The van der Waals surface area contributed by atoms with Crippen molar-refractivity contribution >= 4 is 5.97 Å². The maximum atomic E-state index is 12.8. The summed E-state index contributed by atoms with van der Waals surface area (Å²) in [5.74, 6) is -0.327. The van der Waals surface area contributed by atoms with Crippen LogP contribution < -0.4 is 0 Å². The average molecular weight is 851 g/mol. The highest BCUT2D eigenvalue weighted by Gasteiger charge is 2.44. The van der Waals surface area contributed by atoms with Crippen LogP contribution in [0, 0.1) is 0 Å². The normalized spacial score (nSPS) is 20.3. The van der Waals surface area contributed by atoms with Gasteiger partial charge in [0.25, 0.3) is 0 Å². The van der Waals surface area contributed by atoms with E-state index in [0.29, 0.717) is 13.0 Å². The molecule has 6 unspecified atom stereocenters. The van der Waals surface area contributed by atoms with E-state index in [2.05, 4.69) is 50.3 Å².